The van der Waals surface area contributed by atoms with E-state index < -0.39 is 10.0 Å². The first-order valence-electron chi connectivity index (χ1n) is 7.48. The lowest BCUT2D eigenvalue weighted by atomic mass is 10.1. The first kappa shape index (κ1) is 14.7. The summed E-state index contributed by atoms with van der Waals surface area (Å²) in [7, 11) is -3.64. The average molecular weight is 334 g/mol. The van der Waals surface area contributed by atoms with Crippen LogP contribution < -0.4 is 4.72 Å². The first-order valence-corrected chi connectivity index (χ1v) is 8.97. The Morgan fingerprint density at radius 1 is 0.750 bits per heavy atom. The fourth-order valence-corrected chi connectivity index (χ4v) is 3.77. The summed E-state index contributed by atoms with van der Waals surface area (Å²) in [5.41, 5.74) is 1.34. The SMILES string of the molecule is O=S(=O)(Nc1ccc2ncccc2c1)c1ccc2ccccc2c1. The van der Waals surface area contributed by atoms with Gasteiger partial charge in [0.2, 0.25) is 0 Å². The molecule has 0 radical (unpaired) electrons. The Morgan fingerprint density at radius 3 is 2.42 bits per heavy atom. The molecule has 3 aromatic carbocycles. The third-order valence-corrected chi connectivity index (χ3v) is 5.27. The molecule has 1 heterocycles. The Kier molecular flexibility index (Phi) is 3.43. The second-order valence-electron chi connectivity index (χ2n) is 5.53. The highest BCUT2D eigenvalue weighted by Gasteiger charge is 2.14. The van der Waals surface area contributed by atoms with Crippen LogP contribution in [0.25, 0.3) is 21.7 Å². The number of hydrogen-bond acceptors (Lipinski definition) is 3. The van der Waals surface area contributed by atoms with E-state index in [1.165, 1.54) is 0 Å². The summed E-state index contributed by atoms with van der Waals surface area (Å²) in [5.74, 6) is 0. The largest absolute Gasteiger partial charge is 0.280 e. The quantitative estimate of drug-likeness (QED) is 0.611. The van der Waals surface area contributed by atoms with Crippen LogP contribution in [0, 0.1) is 0 Å². The number of fused-ring (bicyclic) bond motifs is 2. The van der Waals surface area contributed by atoms with Crippen molar-refractivity contribution in [3.63, 3.8) is 0 Å². The van der Waals surface area contributed by atoms with E-state index in [2.05, 4.69) is 9.71 Å². The molecule has 5 heteroatoms. The number of rotatable bonds is 3. The van der Waals surface area contributed by atoms with E-state index in [9.17, 15) is 8.42 Å². The van der Waals surface area contributed by atoms with E-state index in [4.69, 9.17) is 0 Å². The molecule has 0 fully saturated rings. The molecule has 118 valence electrons. The lowest BCUT2D eigenvalue weighted by molar-refractivity contribution is 0.601. The Hall–Kier alpha value is -2.92. The topological polar surface area (TPSA) is 59.1 Å². The predicted molar refractivity (Wildman–Crippen MR) is 96.5 cm³/mol. The van der Waals surface area contributed by atoms with Gasteiger partial charge < -0.3 is 0 Å². The van der Waals surface area contributed by atoms with Gasteiger partial charge >= 0.3 is 0 Å². The minimum atomic E-state index is -3.64. The van der Waals surface area contributed by atoms with E-state index in [0.29, 0.717) is 5.69 Å². The maximum atomic E-state index is 12.7. The third-order valence-electron chi connectivity index (χ3n) is 3.89. The van der Waals surface area contributed by atoms with Crippen LogP contribution in [0.4, 0.5) is 5.69 Å². The van der Waals surface area contributed by atoms with Gasteiger partial charge in [0.25, 0.3) is 10.0 Å². The molecule has 4 rings (SSSR count). The molecule has 0 saturated heterocycles. The Labute approximate surface area is 139 Å². The van der Waals surface area contributed by atoms with Gasteiger partial charge in [-0.1, -0.05) is 36.4 Å². The van der Waals surface area contributed by atoms with Crippen molar-refractivity contribution in [1.29, 1.82) is 0 Å². The summed E-state index contributed by atoms with van der Waals surface area (Å²) in [6.45, 7) is 0. The number of aromatic nitrogens is 1. The van der Waals surface area contributed by atoms with Crippen LogP contribution in [0.5, 0.6) is 0 Å². The number of nitrogens with zero attached hydrogens (tertiary/aromatic N) is 1. The van der Waals surface area contributed by atoms with Gasteiger partial charge in [0.15, 0.2) is 0 Å². The molecule has 4 nitrogen and oxygen atoms in total. The van der Waals surface area contributed by atoms with Crippen molar-refractivity contribution in [3.05, 3.63) is 79.0 Å². The van der Waals surface area contributed by atoms with Crippen molar-refractivity contribution >= 4 is 37.4 Å². The summed E-state index contributed by atoms with van der Waals surface area (Å²) in [6, 6.07) is 21.8. The zero-order valence-corrected chi connectivity index (χ0v) is 13.5. The summed E-state index contributed by atoms with van der Waals surface area (Å²) in [4.78, 5) is 4.48. The fourth-order valence-electron chi connectivity index (χ4n) is 2.69. The lowest BCUT2D eigenvalue weighted by Gasteiger charge is -2.09. The normalized spacial score (nSPS) is 11.7. The minimum Gasteiger partial charge on any atom is -0.280 e. The van der Waals surface area contributed by atoms with E-state index >= 15 is 0 Å². The zero-order chi connectivity index (χ0) is 16.6. The zero-order valence-electron chi connectivity index (χ0n) is 12.7. The van der Waals surface area contributed by atoms with Crippen molar-refractivity contribution in [1.82, 2.24) is 4.98 Å². The van der Waals surface area contributed by atoms with Gasteiger partial charge in [-0.25, -0.2) is 8.42 Å². The highest BCUT2D eigenvalue weighted by molar-refractivity contribution is 7.92. The van der Waals surface area contributed by atoms with Crippen molar-refractivity contribution in [2.45, 2.75) is 4.90 Å². The van der Waals surface area contributed by atoms with Crippen LogP contribution in [0.2, 0.25) is 0 Å². The molecule has 24 heavy (non-hydrogen) atoms. The Morgan fingerprint density at radius 2 is 1.54 bits per heavy atom. The maximum absolute atomic E-state index is 12.7. The summed E-state index contributed by atoms with van der Waals surface area (Å²) in [5, 5.41) is 2.78. The number of pyridine rings is 1. The molecule has 4 aromatic rings. The number of anilines is 1. The van der Waals surface area contributed by atoms with E-state index in [1.54, 1.807) is 36.5 Å². The van der Waals surface area contributed by atoms with Crippen LogP contribution in [-0.4, -0.2) is 13.4 Å². The molecule has 0 aliphatic rings. The van der Waals surface area contributed by atoms with Crippen LogP contribution >= 0.6 is 0 Å². The Bertz CT molecular complexity index is 1150. The molecule has 0 aliphatic heterocycles. The van der Waals surface area contributed by atoms with Crippen molar-refractivity contribution in [2.24, 2.45) is 0 Å². The molecule has 1 aromatic heterocycles. The van der Waals surface area contributed by atoms with Gasteiger partial charge in [-0.15, -0.1) is 0 Å². The molecular formula is C19H14N2O2S. The van der Waals surface area contributed by atoms with Crippen molar-refractivity contribution in [3.8, 4) is 0 Å². The molecule has 0 atom stereocenters. The molecule has 0 unspecified atom stereocenters. The number of benzene rings is 3. The maximum Gasteiger partial charge on any atom is 0.261 e. The van der Waals surface area contributed by atoms with E-state index in [0.717, 1.165) is 21.7 Å². The molecule has 0 saturated carbocycles. The van der Waals surface area contributed by atoms with Gasteiger partial charge in [0.1, 0.15) is 0 Å². The molecular weight excluding hydrogens is 320 g/mol. The van der Waals surface area contributed by atoms with Gasteiger partial charge in [-0.2, -0.15) is 0 Å². The average Bonchev–Trinajstić information content (AvgIpc) is 2.61. The van der Waals surface area contributed by atoms with E-state index in [-0.39, 0.29) is 4.90 Å². The standard InChI is InChI=1S/C19H14N2O2S/c22-24(23,18-9-7-14-4-1-2-5-15(14)13-18)21-17-8-10-19-16(12-17)6-3-11-20-19/h1-13,21H. The first-order chi connectivity index (χ1) is 11.6. The van der Waals surface area contributed by atoms with Gasteiger partial charge in [-0.3, -0.25) is 9.71 Å². The third kappa shape index (κ3) is 2.70. The summed E-state index contributed by atoms with van der Waals surface area (Å²) < 4.78 is 27.9. The number of nitrogens with one attached hydrogen (secondary N) is 1. The van der Waals surface area contributed by atoms with Gasteiger partial charge in [0.05, 0.1) is 10.4 Å². The lowest BCUT2D eigenvalue weighted by Crippen LogP contribution is -2.12. The molecule has 1 N–H and O–H groups in total. The molecule has 0 bridgehead atoms. The highest BCUT2D eigenvalue weighted by Crippen LogP contribution is 2.23. The highest BCUT2D eigenvalue weighted by atomic mass is 32.2. The minimum absolute atomic E-state index is 0.243. The summed E-state index contributed by atoms with van der Waals surface area (Å²) >= 11 is 0. The molecule has 0 spiro atoms. The smallest absolute Gasteiger partial charge is 0.261 e. The van der Waals surface area contributed by atoms with Gasteiger partial charge in [-0.05, 0) is 47.2 Å². The summed E-state index contributed by atoms with van der Waals surface area (Å²) in [6.07, 6.45) is 1.71. The fraction of sp³-hybridized carbons (Fsp3) is 0. The van der Waals surface area contributed by atoms with Crippen LogP contribution in [-0.2, 0) is 10.0 Å². The Balaban J connectivity index is 1.72. The second kappa shape index (κ2) is 5.62. The monoisotopic (exact) mass is 334 g/mol. The predicted octanol–water partition coefficient (Wildman–Crippen LogP) is 4.19. The molecule has 0 amide bonds. The van der Waals surface area contributed by atoms with Crippen molar-refractivity contribution < 1.29 is 8.42 Å². The second-order valence-corrected chi connectivity index (χ2v) is 7.21. The van der Waals surface area contributed by atoms with Crippen LogP contribution in [0.3, 0.4) is 0 Å². The van der Waals surface area contributed by atoms with Crippen LogP contribution in [0.1, 0.15) is 0 Å². The van der Waals surface area contributed by atoms with Crippen LogP contribution in [0.15, 0.2) is 83.9 Å². The van der Waals surface area contributed by atoms with E-state index in [1.807, 2.05) is 42.5 Å². The van der Waals surface area contributed by atoms with Gasteiger partial charge in [0, 0.05) is 17.3 Å². The van der Waals surface area contributed by atoms with Crippen molar-refractivity contribution in [2.75, 3.05) is 4.72 Å². The number of hydrogen-bond donors (Lipinski definition) is 1. The molecule has 0 aliphatic carbocycles. The number of sulfonamides is 1.